The molecule has 5 nitrogen and oxygen atoms in total. The lowest BCUT2D eigenvalue weighted by Crippen LogP contribution is -2.51. The van der Waals surface area contributed by atoms with Gasteiger partial charge in [0.2, 0.25) is 0 Å². The first kappa shape index (κ1) is 15.0. The van der Waals surface area contributed by atoms with Gasteiger partial charge in [0, 0.05) is 38.3 Å². The van der Waals surface area contributed by atoms with Crippen molar-refractivity contribution in [2.45, 2.75) is 18.6 Å². The summed E-state index contributed by atoms with van der Waals surface area (Å²) in [5.41, 5.74) is 0.0805. The molecule has 0 spiro atoms. The third kappa shape index (κ3) is 4.04. The summed E-state index contributed by atoms with van der Waals surface area (Å²) in [7, 11) is 0. The van der Waals surface area contributed by atoms with Crippen molar-refractivity contribution in [2.24, 2.45) is 0 Å². The molecule has 112 valence electrons. The van der Waals surface area contributed by atoms with Crippen molar-refractivity contribution in [1.82, 2.24) is 9.80 Å². The molecule has 20 heavy (non-hydrogen) atoms. The van der Waals surface area contributed by atoms with Crippen LogP contribution >= 0.6 is 0 Å². The van der Waals surface area contributed by atoms with E-state index >= 15 is 0 Å². The van der Waals surface area contributed by atoms with E-state index in [2.05, 4.69) is 4.90 Å². The molecule has 1 saturated heterocycles. The maximum absolute atomic E-state index is 12.3. The van der Waals surface area contributed by atoms with Crippen LogP contribution in [0.1, 0.15) is 6.42 Å². The smallest absolute Gasteiger partial charge is 0.294 e. The van der Waals surface area contributed by atoms with E-state index in [0.717, 1.165) is 0 Å². The summed E-state index contributed by atoms with van der Waals surface area (Å²) < 4.78 is 36.8. The lowest BCUT2D eigenvalue weighted by atomic mass is 10.0. The van der Waals surface area contributed by atoms with Crippen LogP contribution in [0.25, 0.3) is 0 Å². The van der Waals surface area contributed by atoms with E-state index in [1.165, 1.54) is 11.0 Å². The predicted octanol–water partition coefficient (Wildman–Crippen LogP) is 1.66. The Hall–Kier alpha value is -1.41. The highest BCUT2D eigenvalue weighted by Gasteiger charge is 2.33. The zero-order chi connectivity index (χ0) is 14.8. The highest BCUT2D eigenvalue weighted by atomic mass is 19.4. The van der Waals surface area contributed by atoms with E-state index in [1.807, 2.05) is 0 Å². The third-order valence-electron chi connectivity index (χ3n) is 3.55. The van der Waals surface area contributed by atoms with Crippen LogP contribution in [0, 0.1) is 10.1 Å². The average molecular weight is 291 g/mol. The number of hydrogen-bond acceptors (Lipinski definition) is 4. The van der Waals surface area contributed by atoms with Crippen molar-refractivity contribution in [3.63, 3.8) is 0 Å². The molecule has 0 N–H and O–H groups in total. The van der Waals surface area contributed by atoms with Gasteiger partial charge in [-0.05, 0) is 12.5 Å². The molecule has 1 aliphatic carbocycles. The zero-order valence-corrected chi connectivity index (χ0v) is 10.8. The Bertz CT molecular complexity index is 426. The Balaban J connectivity index is 1.81. The summed E-state index contributed by atoms with van der Waals surface area (Å²) in [6.07, 6.45) is 1.17. The summed E-state index contributed by atoms with van der Waals surface area (Å²) in [6, 6.07) is 0.0479. The topological polar surface area (TPSA) is 49.6 Å². The van der Waals surface area contributed by atoms with Crippen molar-refractivity contribution in [3.8, 4) is 0 Å². The van der Waals surface area contributed by atoms with Gasteiger partial charge in [-0.25, -0.2) is 0 Å². The molecule has 1 unspecified atom stereocenters. The van der Waals surface area contributed by atoms with Gasteiger partial charge in [-0.3, -0.25) is 19.9 Å². The first-order valence-corrected chi connectivity index (χ1v) is 6.41. The van der Waals surface area contributed by atoms with Crippen molar-refractivity contribution < 1.29 is 18.1 Å². The summed E-state index contributed by atoms with van der Waals surface area (Å²) >= 11 is 0. The number of halogens is 3. The van der Waals surface area contributed by atoms with Gasteiger partial charge in [-0.2, -0.15) is 13.2 Å². The Kier molecular flexibility index (Phi) is 4.44. The molecule has 1 fully saturated rings. The molecule has 0 bridgehead atoms. The zero-order valence-electron chi connectivity index (χ0n) is 10.8. The fourth-order valence-electron chi connectivity index (χ4n) is 2.51. The Morgan fingerprint density at radius 1 is 1.30 bits per heavy atom. The monoisotopic (exact) mass is 291 g/mol. The van der Waals surface area contributed by atoms with Crippen LogP contribution < -0.4 is 0 Å². The molecule has 0 amide bonds. The normalized spacial score (nSPS) is 25.6. The summed E-state index contributed by atoms with van der Waals surface area (Å²) in [6.45, 7) is 0.970. The lowest BCUT2D eigenvalue weighted by Gasteiger charge is -2.38. The van der Waals surface area contributed by atoms with Crippen molar-refractivity contribution in [1.29, 1.82) is 0 Å². The Labute approximate surface area is 114 Å². The number of alkyl halides is 3. The first-order valence-electron chi connectivity index (χ1n) is 6.41. The third-order valence-corrected chi connectivity index (χ3v) is 3.55. The summed E-state index contributed by atoms with van der Waals surface area (Å²) in [5, 5.41) is 10.6. The average Bonchev–Trinajstić information content (AvgIpc) is 2.38. The van der Waals surface area contributed by atoms with Crippen LogP contribution in [0.3, 0.4) is 0 Å². The van der Waals surface area contributed by atoms with Crippen LogP contribution in [0.5, 0.6) is 0 Å². The summed E-state index contributed by atoms with van der Waals surface area (Å²) in [5.74, 6) is 0. The lowest BCUT2D eigenvalue weighted by molar-refractivity contribution is -0.419. The minimum absolute atomic E-state index is 0.0479. The molecular formula is C12H16F3N3O2. The number of piperazine rings is 1. The van der Waals surface area contributed by atoms with E-state index in [9.17, 15) is 23.3 Å². The molecule has 1 heterocycles. The van der Waals surface area contributed by atoms with Crippen LogP contribution in [0.4, 0.5) is 13.2 Å². The van der Waals surface area contributed by atoms with E-state index in [0.29, 0.717) is 32.6 Å². The number of nitro groups is 1. The molecular weight excluding hydrogens is 275 g/mol. The van der Waals surface area contributed by atoms with Gasteiger partial charge in [-0.15, -0.1) is 0 Å². The molecule has 8 heteroatoms. The fraction of sp³-hybridized carbons (Fsp3) is 0.667. The van der Waals surface area contributed by atoms with Gasteiger partial charge in [0.25, 0.3) is 5.70 Å². The van der Waals surface area contributed by atoms with Crippen LogP contribution in [0.15, 0.2) is 23.9 Å². The van der Waals surface area contributed by atoms with Crippen molar-refractivity contribution in [3.05, 3.63) is 34.0 Å². The van der Waals surface area contributed by atoms with E-state index in [4.69, 9.17) is 0 Å². The maximum Gasteiger partial charge on any atom is 0.401 e. The molecule has 0 aromatic carbocycles. The molecule has 0 saturated carbocycles. The second kappa shape index (κ2) is 5.92. The SMILES string of the molecule is O=[N+]([O-])C1=CCC(N2CCN(CC(F)(F)F)CC2)C=C1. The molecule has 2 aliphatic rings. The molecule has 0 aromatic rings. The Morgan fingerprint density at radius 3 is 2.40 bits per heavy atom. The van der Waals surface area contributed by atoms with E-state index in [1.54, 1.807) is 12.2 Å². The van der Waals surface area contributed by atoms with Gasteiger partial charge in [-0.1, -0.05) is 6.08 Å². The second-order valence-corrected chi connectivity index (χ2v) is 4.98. The molecule has 2 rings (SSSR count). The van der Waals surface area contributed by atoms with E-state index in [-0.39, 0.29) is 11.7 Å². The molecule has 1 aliphatic heterocycles. The van der Waals surface area contributed by atoms with Gasteiger partial charge >= 0.3 is 6.18 Å². The minimum atomic E-state index is -4.16. The van der Waals surface area contributed by atoms with E-state index < -0.39 is 17.6 Å². The highest BCUT2D eigenvalue weighted by molar-refractivity contribution is 5.19. The Morgan fingerprint density at radius 2 is 1.95 bits per heavy atom. The predicted molar refractivity (Wildman–Crippen MR) is 66.7 cm³/mol. The maximum atomic E-state index is 12.3. The summed E-state index contributed by atoms with van der Waals surface area (Å²) in [4.78, 5) is 13.6. The first-order chi connectivity index (χ1) is 9.35. The van der Waals surface area contributed by atoms with Crippen LogP contribution in [-0.2, 0) is 0 Å². The van der Waals surface area contributed by atoms with Crippen LogP contribution in [0.2, 0.25) is 0 Å². The number of allylic oxidation sites excluding steroid dienone is 1. The molecule has 0 radical (unpaired) electrons. The molecule has 1 atom stereocenters. The minimum Gasteiger partial charge on any atom is -0.294 e. The fourth-order valence-corrected chi connectivity index (χ4v) is 2.51. The van der Waals surface area contributed by atoms with Crippen LogP contribution in [-0.4, -0.2) is 59.7 Å². The highest BCUT2D eigenvalue weighted by Crippen LogP contribution is 2.20. The molecule has 0 aromatic heterocycles. The number of hydrogen-bond donors (Lipinski definition) is 0. The van der Waals surface area contributed by atoms with Crippen molar-refractivity contribution in [2.75, 3.05) is 32.7 Å². The standard InChI is InChI=1S/C12H16F3N3O2/c13-12(14,15)9-16-5-7-17(8-6-16)10-1-3-11(4-2-10)18(19)20/h1,3-4,10H,2,5-9H2. The second-order valence-electron chi connectivity index (χ2n) is 4.98. The quantitative estimate of drug-likeness (QED) is 0.586. The van der Waals surface area contributed by atoms with Gasteiger partial charge in [0.1, 0.15) is 0 Å². The number of nitrogens with zero attached hydrogens (tertiary/aromatic N) is 3. The largest absolute Gasteiger partial charge is 0.401 e. The van der Waals surface area contributed by atoms with Gasteiger partial charge in [0.05, 0.1) is 11.5 Å². The van der Waals surface area contributed by atoms with Gasteiger partial charge in [0.15, 0.2) is 0 Å². The van der Waals surface area contributed by atoms with Gasteiger partial charge < -0.3 is 0 Å². The van der Waals surface area contributed by atoms with Crippen molar-refractivity contribution >= 4 is 0 Å². The number of rotatable bonds is 3.